The van der Waals surface area contributed by atoms with Crippen LogP contribution in [0.15, 0.2) is 48.8 Å². The number of hydrogen-bond acceptors (Lipinski definition) is 5. The van der Waals surface area contributed by atoms with Crippen LogP contribution in [-0.2, 0) is 11.3 Å². The number of carbonyl (C=O) groups is 1. The van der Waals surface area contributed by atoms with E-state index in [2.05, 4.69) is 57.4 Å². The van der Waals surface area contributed by atoms with Crippen molar-refractivity contribution in [2.45, 2.75) is 32.9 Å². The van der Waals surface area contributed by atoms with Crippen LogP contribution in [0.3, 0.4) is 0 Å². The normalized spacial score (nSPS) is 19.9. The number of rotatable bonds is 6. The van der Waals surface area contributed by atoms with Gasteiger partial charge in [-0.3, -0.25) is 4.90 Å². The topological polar surface area (TPSA) is 70.2 Å². The van der Waals surface area contributed by atoms with Gasteiger partial charge >= 0.3 is 5.97 Å². The van der Waals surface area contributed by atoms with Crippen LogP contribution in [0, 0.1) is 5.92 Å². The predicted octanol–water partition coefficient (Wildman–Crippen LogP) is 4.06. The highest BCUT2D eigenvalue weighted by Crippen LogP contribution is 2.30. The minimum Gasteiger partial charge on any atom is -0.462 e. The number of hydrogen-bond donors (Lipinski definition) is 2. The molecule has 6 nitrogen and oxygen atoms in total. The van der Waals surface area contributed by atoms with E-state index in [4.69, 9.17) is 4.74 Å². The number of pyridine rings is 1. The second kappa shape index (κ2) is 8.66. The molecule has 2 aromatic heterocycles. The van der Waals surface area contributed by atoms with Crippen molar-refractivity contribution in [2.24, 2.45) is 5.92 Å². The van der Waals surface area contributed by atoms with Crippen LogP contribution in [0.5, 0.6) is 0 Å². The van der Waals surface area contributed by atoms with Gasteiger partial charge in [0.25, 0.3) is 0 Å². The minimum atomic E-state index is -0.334. The SMILES string of the molecule is CCOC(=O)c1cnc2[nH]ccc2c1N[C@H]1CCN(Cc2ccccc2)C[C@@H]1C. The van der Waals surface area contributed by atoms with E-state index in [1.54, 1.807) is 6.20 Å². The van der Waals surface area contributed by atoms with Gasteiger partial charge in [0.15, 0.2) is 0 Å². The Balaban J connectivity index is 1.51. The number of piperidine rings is 1. The van der Waals surface area contributed by atoms with Crippen molar-refractivity contribution in [2.75, 3.05) is 25.0 Å². The molecule has 6 heteroatoms. The fourth-order valence-corrected chi connectivity index (χ4v) is 4.14. The molecule has 0 amide bonds. The average molecular weight is 393 g/mol. The monoisotopic (exact) mass is 392 g/mol. The quantitative estimate of drug-likeness (QED) is 0.619. The summed E-state index contributed by atoms with van der Waals surface area (Å²) >= 11 is 0. The number of nitrogens with zero attached hydrogens (tertiary/aromatic N) is 2. The molecule has 0 saturated carbocycles. The maximum absolute atomic E-state index is 12.5. The number of benzene rings is 1. The van der Waals surface area contributed by atoms with Gasteiger partial charge in [0.1, 0.15) is 11.2 Å². The number of aromatic nitrogens is 2. The zero-order valence-electron chi connectivity index (χ0n) is 17.0. The summed E-state index contributed by atoms with van der Waals surface area (Å²) in [5, 5.41) is 4.59. The maximum Gasteiger partial charge on any atom is 0.341 e. The first-order valence-electron chi connectivity index (χ1n) is 10.3. The first kappa shape index (κ1) is 19.5. The van der Waals surface area contributed by atoms with Crippen LogP contribution >= 0.6 is 0 Å². The van der Waals surface area contributed by atoms with E-state index in [0.717, 1.165) is 42.8 Å². The Labute approximate surface area is 171 Å². The highest BCUT2D eigenvalue weighted by atomic mass is 16.5. The molecule has 4 rings (SSSR count). The lowest BCUT2D eigenvalue weighted by molar-refractivity contribution is 0.0527. The molecule has 152 valence electrons. The number of likely N-dealkylation sites (tertiary alicyclic amines) is 1. The van der Waals surface area contributed by atoms with E-state index in [1.807, 2.05) is 19.2 Å². The van der Waals surface area contributed by atoms with Gasteiger partial charge < -0.3 is 15.0 Å². The van der Waals surface area contributed by atoms with Crippen molar-refractivity contribution in [3.63, 3.8) is 0 Å². The number of anilines is 1. The van der Waals surface area contributed by atoms with Gasteiger partial charge in [-0.1, -0.05) is 37.3 Å². The fraction of sp³-hybridized carbons (Fsp3) is 0.391. The lowest BCUT2D eigenvalue weighted by atomic mass is 9.92. The average Bonchev–Trinajstić information content (AvgIpc) is 3.20. The summed E-state index contributed by atoms with van der Waals surface area (Å²) in [6, 6.07) is 12.9. The molecule has 1 saturated heterocycles. The first-order chi connectivity index (χ1) is 14.2. The number of fused-ring (bicyclic) bond motifs is 1. The minimum absolute atomic E-state index is 0.288. The van der Waals surface area contributed by atoms with Gasteiger partial charge in [-0.25, -0.2) is 9.78 Å². The molecule has 1 aromatic carbocycles. The van der Waals surface area contributed by atoms with E-state index in [1.165, 1.54) is 5.56 Å². The molecule has 3 aromatic rings. The van der Waals surface area contributed by atoms with Gasteiger partial charge in [0, 0.05) is 43.5 Å². The second-order valence-corrected chi connectivity index (χ2v) is 7.74. The number of esters is 1. The summed E-state index contributed by atoms with van der Waals surface area (Å²) in [6.07, 6.45) is 4.47. The molecular weight excluding hydrogens is 364 g/mol. The molecule has 1 aliphatic heterocycles. The molecule has 2 atom stereocenters. The van der Waals surface area contributed by atoms with Crippen LogP contribution in [0.4, 0.5) is 5.69 Å². The molecule has 29 heavy (non-hydrogen) atoms. The molecule has 0 bridgehead atoms. The molecule has 0 radical (unpaired) electrons. The zero-order chi connectivity index (χ0) is 20.2. The third-order valence-corrected chi connectivity index (χ3v) is 5.65. The number of H-pyrrole nitrogens is 1. The van der Waals surface area contributed by atoms with Crippen molar-refractivity contribution in [1.29, 1.82) is 0 Å². The van der Waals surface area contributed by atoms with E-state index in [9.17, 15) is 4.79 Å². The summed E-state index contributed by atoms with van der Waals surface area (Å²) in [4.78, 5) is 22.5. The molecule has 0 unspecified atom stereocenters. The van der Waals surface area contributed by atoms with Crippen LogP contribution in [0.1, 0.15) is 36.2 Å². The fourth-order valence-electron chi connectivity index (χ4n) is 4.14. The Hall–Kier alpha value is -2.86. The Morgan fingerprint density at radius 1 is 1.31 bits per heavy atom. The van der Waals surface area contributed by atoms with E-state index in [-0.39, 0.29) is 12.0 Å². The van der Waals surface area contributed by atoms with Crippen LogP contribution in [0.2, 0.25) is 0 Å². The molecule has 0 spiro atoms. The van der Waals surface area contributed by atoms with Gasteiger partial charge in [-0.2, -0.15) is 0 Å². The number of aromatic amines is 1. The van der Waals surface area contributed by atoms with Crippen molar-refractivity contribution >= 4 is 22.7 Å². The van der Waals surface area contributed by atoms with Crippen molar-refractivity contribution in [1.82, 2.24) is 14.9 Å². The largest absolute Gasteiger partial charge is 0.462 e. The first-order valence-corrected chi connectivity index (χ1v) is 10.3. The highest BCUT2D eigenvalue weighted by Gasteiger charge is 2.28. The molecule has 1 fully saturated rings. The summed E-state index contributed by atoms with van der Waals surface area (Å²) in [7, 11) is 0. The second-order valence-electron chi connectivity index (χ2n) is 7.74. The zero-order valence-corrected chi connectivity index (χ0v) is 17.0. The van der Waals surface area contributed by atoms with Crippen LogP contribution in [0.25, 0.3) is 11.0 Å². The van der Waals surface area contributed by atoms with Crippen molar-refractivity contribution < 1.29 is 9.53 Å². The Morgan fingerprint density at radius 3 is 2.90 bits per heavy atom. The summed E-state index contributed by atoms with van der Waals surface area (Å²) in [6.45, 7) is 7.45. The summed E-state index contributed by atoms with van der Waals surface area (Å²) < 4.78 is 5.26. The van der Waals surface area contributed by atoms with Gasteiger partial charge in [0.05, 0.1) is 12.3 Å². The van der Waals surface area contributed by atoms with E-state index < -0.39 is 0 Å². The summed E-state index contributed by atoms with van der Waals surface area (Å²) in [5.41, 5.74) is 3.44. The van der Waals surface area contributed by atoms with Gasteiger partial charge in [-0.05, 0) is 30.9 Å². The lowest BCUT2D eigenvalue weighted by Crippen LogP contribution is -2.45. The van der Waals surface area contributed by atoms with Gasteiger partial charge in [0.2, 0.25) is 0 Å². The van der Waals surface area contributed by atoms with Crippen molar-refractivity contribution in [3.05, 3.63) is 59.9 Å². The number of nitrogens with one attached hydrogen (secondary N) is 2. The van der Waals surface area contributed by atoms with E-state index in [0.29, 0.717) is 18.1 Å². The smallest absolute Gasteiger partial charge is 0.341 e. The highest BCUT2D eigenvalue weighted by molar-refractivity contribution is 6.04. The van der Waals surface area contributed by atoms with Crippen LogP contribution in [-0.4, -0.2) is 46.6 Å². The Morgan fingerprint density at radius 2 is 2.14 bits per heavy atom. The van der Waals surface area contributed by atoms with E-state index >= 15 is 0 Å². The van der Waals surface area contributed by atoms with Crippen LogP contribution < -0.4 is 5.32 Å². The lowest BCUT2D eigenvalue weighted by Gasteiger charge is -2.38. The Bertz CT molecular complexity index is 969. The number of ether oxygens (including phenoxy) is 1. The standard InChI is InChI=1S/C23H28N4O2/c1-3-29-23(28)19-13-25-22-18(9-11-24-22)21(19)26-20-10-12-27(14-16(20)2)15-17-7-5-4-6-8-17/h4-9,11,13,16,20H,3,10,12,14-15H2,1-2H3,(H2,24,25,26)/t16-,20-/m0/s1. The maximum atomic E-state index is 12.5. The third-order valence-electron chi connectivity index (χ3n) is 5.65. The third kappa shape index (κ3) is 4.27. The number of carbonyl (C=O) groups excluding carboxylic acids is 1. The molecule has 1 aliphatic rings. The molecule has 3 heterocycles. The Kier molecular flexibility index (Phi) is 5.81. The van der Waals surface area contributed by atoms with Gasteiger partial charge in [-0.15, -0.1) is 0 Å². The molecule has 2 N–H and O–H groups in total. The summed E-state index contributed by atoms with van der Waals surface area (Å²) in [5.74, 6) is 0.115. The van der Waals surface area contributed by atoms with Crippen molar-refractivity contribution in [3.8, 4) is 0 Å². The molecular formula is C23H28N4O2. The molecule has 0 aliphatic carbocycles. The predicted molar refractivity (Wildman–Crippen MR) is 115 cm³/mol.